The summed E-state index contributed by atoms with van der Waals surface area (Å²) in [5.74, 6) is -0.491. The molecule has 0 saturated carbocycles. The first-order valence-corrected chi connectivity index (χ1v) is 7.89. The van der Waals surface area contributed by atoms with Gasteiger partial charge in [0.15, 0.2) is 0 Å². The standard InChI is InChI=1S/C20H18O5/c1-12-7-17-16(9-19(22)25-18(17)8-13(12)2)11-24-20(23)15-5-3-14(10-21)4-6-15/h3-9,21H,10-11H2,1-2H3. The maximum Gasteiger partial charge on any atom is 0.338 e. The Bertz CT molecular complexity index is 983. The van der Waals surface area contributed by atoms with Crippen molar-refractivity contribution in [2.75, 3.05) is 0 Å². The van der Waals surface area contributed by atoms with Crippen molar-refractivity contribution in [3.8, 4) is 0 Å². The van der Waals surface area contributed by atoms with Crippen LogP contribution in [0.4, 0.5) is 0 Å². The molecule has 0 fully saturated rings. The van der Waals surface area contributed by atoms with Crippen LogP contribution >= 0.6 is 0 Å². The van der Waals surface area contributed by atoms with Gasteiger partial charge in [0.1, 0.15) is 12.2 Å². The number of hydrogen-bond acceptors (Lipinski definition) is 5. The highest BCUT2D eigenvalue weighted by atomic mass is 16.5. The van der Waals surface area contributed by atoms with Gasteiger partial charge >= 0.3 is 11.6 Å². The Hall–Kier alpha value is -2.92. The molecule has 0 aliphatic carbocycles. The van der Waals surface area contributed by atoms with E-state index in [4.69, 9.17) is 14.3 Å². The molecular weight excluding hydrogens is 320 g/mol. The summed E-state index contributed by atoms with van der Waals surface area (Å²) in [6.07, 6.45) is 0. The van der Waals surface area contributed by atoms with Gasteiger partial charge in [-0.1, -0.05) is 12.1 Å². The van der Waals surface area contributed by atoms with Gasteiger partial charge in [-0.15, -0.1) is 0 Å². The zero-order valence-corrected chi connectivity index (χ0v) is 14.0. The van der Waals surface area contributed by atoms with Crippen molar-refractivity contribution in [1.82, 2.24) is 0 Å². The second-order valence-electron chi connectivity index (χ2n) is 5.95. The molecule has 0 spiro atoms. The lowest BCUT2D eigenvalue weighted by Crippen LogP contribution is -2.08. The van der Waals surface area contributed by atoms with Crippen LogP contribution in [0.25, 0.3) is 11.0 Å². The van der Waals surface area contributed by atoms with E-state index < -0.39 is 11.6 Å². The highest BCUT2D eigenvalue weighted by Gasteiger charge is 2.12. The van der Waals surface area contributed by atoms with Gasteiger partial charge in [0.25, 0.3) is 0 Å². The van der Waals surface area contributed by atoms with Crippen LogP contribution in [0.15, 0.2) is 51.7 Å². The van der Waals surface area contributed by atoms with Crippen molar-refractivity contribution in [2.24, 2.45) is 0 Å². The van der Waals surface area contributed by atoms with E-state index in [9.17, 15) is 9.59 Å². The van der Waals surface area contributed by atoms with Crippen molar-refractivity contribution in [2.45, 2.75) is 27.1 Å². The first kappa shape index (κ1) is 16.9. The van der Waals surface area contributed by atoms with Gasteiger partial charge in [0.05, 0.1) is 12.2 Å². The minimum atomic E-state index is -0.491. The van der Waals surface area contributed by atoms with Crippen LogP contribution < -0.4 is 5.63 Å². The number of rotatable bonds is 4. The third-order valence-electron chi connectivity index (χ3n) is 4.18. The van der Waals surface area contributed by atoms with Gasteiger partial charge in [-0.25, -0.2) is 9.59 Å². The fourth-order valence-corrected chi connectivity index (χ4v) is 2.58. The number of benzene rings is 2. The Balaban J connectivity index is 1.86. The predicted molar refractivity (Wildman–Crippen MR) is 93.4 cm³/mol. The van der Waals surface area contributed by atoms with E-state index in [0.29, 0.717) is 22.3 Å². The summed E-state index contributed by atoms with van der Waals surface area (Å²) in [5.41, 5.74) is 3.80. The molecule has 0 atom stereocenters. The maximum absolute atomic E-state index is 12.2. The Kier molecular flexibility index (Phi) is 4.67. The second-order valence-corrected chi connectivity index (χ2v) is 5.95. The summed E-state index contributed by atoms with van der Waals surface area (Å²) in [4.78, 5) is 23.9. The van der Waals surface area contributed by atoms with E-state index in [1.807, 2.05) is 26.0 Å². The van der Waals surface area contributed by atoms with Crippen molar-refractivity contribution in [3.05, 3.63) is 80.7 Å². The third-order valence-corrected chi connectivity index (χ3v) is 4.18. The molecule has 128 valence electrons. The van der Waals surface area contributed by atoms with E-state index in [-0.39, 0.29) is 13.2 Å². The number of carbonyl (C=O) groups excluding carboxylic acids is 1. The van der Waals surface area contributed by atoms with E-state index in [0.717, 1.165) is 16.5 Å². The SMILES string of the molecule is Cc1cc2oc(=O)cc(COC(=O)c3ccc(CO)cc3)c2cc1C. The number of fused-ring (bicyclic) bond motifs is 1. The number of ether oxygens (including phenoxy) is 1. The topological polar surface area (TPSA) is 76.7 Å². The molecule has 1 N–H and O–H groups in total. The molecule has 0 aliphatic rings. The zero-order valence-electron chi connectivity index (χ0n) is 14.0. The van der Waals surface area contributed by atoms with Crippen LogP contribution in [-0.4, -0.2) is 11.1 Å². The Morgan fingerprint density at radius 3 is 2.44 bits per heavy atom. The quantitative estimate of drug-likeness (QED) is 0.584. The van der Waals surface area contributed by atoms with Crippen LogP contribution in [0.5, 0.6) is 0 Å². The van der Waals surface area contributed by atoms with Crippen LogP contribution in [0.2, 0.25) is 0 Å². The molecular formula is C20H18O5. The van der Waals surface area contributed by atoms with E-state index in [1.54, 1.807) is 24.3 Å². The molecule has 0 radical (unpaired) electrons. The Morgan fingerprint density at radius 1 is 1.08 bits per heavy atom. The second kappa shape index (κ2) is 6.91. The first-order valence-electron chi connectivity index (χ1n) is 7.89. The average Bonchev–Trinajstić information content (AvgIpc) is 2.61. The number of aliphatic hydroxyl groups excluding tert-OH is 1. The molecule has 1 heterocycles. The molecule has 3 aromatic rings. The molecule has 25 heavy (non-hydrogen) atoms. The molecule has 5 heteroatoms. The maximum atomic E-state index is 12.2. The molecule has 1 aromatic heterocycles. The fraction of sp³-hybridized carbons (Fsp3) is 0.200. The Labute approximate surface area is 144 Å². The third kappa shape index (κ3) is 3.61. The lowest BCUT2D eigenvalue weighted by molar-refractivity contribution is 0.0473. The smallest absolute Gasteiger partial charge is 0.338 e. The number of aryl methyl sites for hydroxylation is 2. The van der Waals surface area contributed by atoms with Crippen LogP contribution in [0.1, 0.15) is 32.6 Å². The largest absolute Gasteiger partial charge is 0.457 e. The number of hydrogen-bond donors (Lipinski definition) is 1. The van der Waals surface area contributed by atoms with Gasteiger partial charge in [0.2, 0.25) is 0 Å². The molecule has 0 amide bonds. The summed E-state index contributed by atoms with van der Waals surface area (Å²) >= 11 is 0. The summed E-state index contributed by atoms with van der Waals surface area (Å²) in [6, 6.07) is 11.6. The Morgan fingerprint density at radius 2 is 1.76 bits per heavy atom. The highest BCUT2D eigenvalue weighted by molar-refractivity contribution is 5.89. The van der Waals surface area contributed by atoms with Gasteiger partial charge in [-0.3, -0.25) is 0 Å². The number of esters is 1. The van der Waals surface area contributed by atoms with E-state index in [2.05, 4.69) is 0 Å². The molecule has 0 unspecified atom stereocenters. The molecule has 0 saturated heterocycles. The molecule has 5 nitrogen and oxygen atoms in total. The summed E-state index contributed by atoms with van der Waals surface area (Å²) in [6.45, 7) is 3.81. The van der Waals surface area contributed by atoms with Crippen LogP contribution in [0.3, 0.4) is 0 Å². The lowest BCUT2D eigenvalue weighted by Gasteiger charge is -2.09. The predicted octanol–water partition coefficient (Wildman–Crippen LogP) is 3.26. The number of carbonyl (C=O) groups is 1. The fourth-order valence-electron chi connectivity index (χ4n) is 2.58. The summed E-state index contributed by atoms with van der Waals surface area (Å²) in [5, 5.41) is 9.79. The van der Waals surface area contributed by atoms with E-state index in [1.165, 1.54) is 6.07 Å². The van der Waals surface area contributed by atoms with Crippen molar-refractivity contribution >= 4 is 16.9 Å². The van der Waals surface area contributed by atoms with E-state index >= 15 is 0 Å². The molecule has 3 rings (SSSR count). The molecule has 0 bridgehead atoms. The minimum Gasteiger partial charge on any atom is -0.457 e. The van der Waals surface area contributed by atoms with Gasteiger partial charge in [0, 0.05) is 17.0 Å². The van der Waals surface area contributed by atoms with Crippen molar-refractivity contribution < 1.29 is 19.1 Å². The summed E-state index contributed by atoms with van der Waals surface area (Å²) in [7, 11) is 0. The van der Waals surface area contributed by atoms with Crippen LogP contribution in [-0.2, 0) is 18.0 Å². The number of aliphatic hydroxyl groups is 1. The van der Waals surface area contributed by atoms with Crippen LogP contribution in [0, 0.1) is 13.8 Å². The monoisotopic (exact) mass is 338 g/mol. The van der Waals surface area contributed by atoms with Gasteiger partial charge in [-0.2, -0.15) is 0 Å². The van der Waals surface area contributed by atoms with Gasteiger partial charge < -0.3 is 14.3 Å². The summed E-state index contributed by atoms with van der Waals surface area (Å²) < 4.78 is 10.6. The average molecular weight is 338 g/mol. The molecule has 0 aliphatic heterocycles. The molecule has 2 aromatic carbocycles. The van der Waals surface area contributed by atoms with Gasteiger partial charge in [-0.05, 0) is 54.8 Å². The highest BCUT2D eigenvalue weighted by Crippen LogP contribution is 2.22. The normalized spacial score (nSPS) is 10.8. The van der Waals surface area contributed by atoms with Crippen molar-refractivity contribution in [3.63, 3.8) is 0 Å². The lowest BCUT2D eigenvalue weighted by atomic mass is 10.0. The first-order chi connectivity index (χ1) is 12.0. The minimum absolute atomic E-state index is 0.0226. The zero-order chi connectivity index (χ0) is 18.0. The van der Waals surface area contributed by atoms with Crippen molar-refractivity contribution in [1.29, 1.82) is 0 Å².